The predicted molar refractivity (Wildman–Crippen MR) is 67.2 cm³/mol. The smallest absolute Gasteiger partial charge is 0.00975 e. The summed E-state index contributed by atoms with van der Waals surface area (Å²) in [6.07, 6.45) is 1.18. The van der Waals surface area contributed by atoms with Gasteiger partial charge in [-0.15, -0.1) is 0 Å². The maximum Gasteiger partial charge on any atom is 0.00975 e. The van der Waals surface area contributed by atoms with Gasteiger partial charge in [-0.05, 0) is 29.4 Å². The standard InChI is InChI=1S/C13H19Br/c1-10(2)8-12-4-6-13(7-5-12)11(3)9-14/h4-7,10-11H,8-9H2,1-3H3. The Morgan fingerprint density at radius 2 is 1.64 bits per heavy atom. The maximum absolute atomic E-state index is 3.51. The summed E-state index contributed by atoms with van der Waals surface area (Å²) in [5, 5.41) is 1.04. The molecule has 0 spiro atoms. The molecule has 1 atom stereocenters. The van der Waals surface area contributed by atoms with E-state index in [-0.39, 0.29) is 0 Å². The van der Waals surface area contributed by atoms with Crippen LogP contribution in [0, 0.1) is 5.92 Å². The van der Waals surface area contributed by atoms with E-state index in [1.165, 1.54) is 17.5 Å². The van der Waals surface area contributed by atoms with E-state index in [2.05, 4.69) is 61.0 Å². The number of hydrogen-bond donors (Lipinski definition) is 0. The first-order valence-corrected chi connectivity index (χ1v) is 6.40. The molecule has 0 heterocycles. The van der Waals surface area contributed by atoms with E-state index in [0.29, 0.717) is 5.92 Å². The highest BCUT2D eigenvalue weighted by Crippen LogP contribution is 2.18. The molecule has 0 bridgehead atoms. The van der Waals surface area contributed by atoms with Gasteiger partial charge in [-0.2, -0.15) is 0 Å². The molecule has 1 aromatic carbocycles. The van der Waals surface area contributed by atoms with Crippen LogP contribution in [0.25, 0.3) is 0 Å². The largest absolute Gasteiger partial charge is 0.0922 e. The van der Waals surface area contributed by atoms with E-state index in [0.717, 1.165) is 11.2 Å². The molecule has 0 fully saturated rings. The second kappa shape index (κ2) is 5.55. The van der Waals surface area contributed by atoms with Crippen LogP contribution in [0.1, 0.15) is 37.8 Å². The molecule has 0 N–H and O–H groups in total. The normalized spacial score (nSPS) is 13.2. The third-order valence-corrected chi connectivity index (χ3v) is 3.40. The third kappa shape index (κ3) is 3.45. The minimum absolute atomic E-state index is 0.614. The lowest BCUT2D eigenvalue weighted by Crippen LogP contribution is -1.97. The van der Waals surface area contributed by atoms with Gasteiger partial charge in [-0.3, -0.25) is 0 Å². The molecule has 0 radical (unpaired) electrons. The zero-order valence-corrected chi connectivity index (χ0v) is 10.8. The van der Waals surface area contributed by atoms with Crippen molar-refractivity contribution in [1.29, 1.82) is 0 Å². The molecule has 1 aromatic rings. The number of halogens is 1. The zero-order valence-electron chi connectivity index (χ0n) is 9.26. The fourth-order valence-electron chi connectivity index (χ4n) is 1.54. The molecule has 1 heteroatoms. The second-order valence-corrected chi connectivity index (χ2v) is 5.04. The van der Waals surface area contributed by atoms with Crippen molar-refractivity contribution < 1.29 is 0 Å². The van der Waals surface area contributed by atoms with E-state index in [1.807, 2.05) is 0 Å². The van der Waals surface area contributed by atoms with Crippen molar-refractivity contribution in [3.05, 3.63) is 35.4 Å². The summed E-state index contributed by atoms with van der Waals surface area (Å²) < 4.78 is 0. The van der Waals surface area contributed by atoms with Crippen molar-refractivity contribution in [2.45, 2.75) is 33.1 Å². The van der Waals surface area contributed by atoms with E-state index < -0.39 is 0 Å². The lowest BCUT2D eigenvalue weighted by atomic mass is 9.98. The Morgan fingerprint density at radius 1 is 1.07 bits per heavy atom. The molecule has 1 unspecified atom stereocenters. The van der Waals surface area contributed by atoms with Gasteiger partial charge >= 0.3 is 0 Å². The highest BCUT2D eigenvalue weighted by Gasteiger charge is 2.03. The molecule has 0 nitrogen and oxygen atoms in total. The summed E-state index contributed by atoms with van der Waals surface area (Å²) in [7, 11) is 0. The van der Waals surface area contributed by atoms with Crippen molar-refractivity contribution in [2.24, 2.45) is 5.92 Å². The number of rotatable bonds is 4. The summed E-state index contributed by atoms with van der Waals surface area (Å²) in [5.41, 5.74) is 2.87. The van der Waals surface area contributed by atoms with E-state index in [1.54, 1.807) is 0 Å². The van der Waals surface area contributed by atoms with Gasteiger partial charge in [0.2, 0.25) is 0 Å². The molecule has 0 aliphatic rings. The fourth-order valence-corrected chi connectivity index (χ4v) is 1.92. The summed E-state index contributed by atoms with van der Waals surface area (Å²) in [6.45, 7) is 6.76. The highest BCUT2D eigenvalue weighted by molar-refractivity contribution is 9.09. The zero-order chi connectivity index (χ0) is 10.6. The molecule has 0 saturated carbocycles. The molecular weight excluding hydrogens is 236 g/mol. The third-order valence-electron chi connectivity index (χ3n) is 2.42. The minimum atomic E-state index is 0.614. The van der Waals surface area contributed by atoms with Gasteiger partial charge in [-0.25, -0.2) is 0 Å². The Balaban J connectivity index is 2.68. The van der Waals surface area contributed by atoms with Crippen LogP contribution in [0.4, 0.5) is 0 Å². The van der Waals surface area contributed by atoms with Crippen LogP contribution in [0.3, 0.4) is 0 Å². The first-order valence-electron chi connectivity index (χ1n) is 5.28. The molecule has 0 aromatic heterocycles. The second-order valence-electron chi connectivity index (χ2n) is 4.39. The van der Waals surface area contributed by atoms with Crippen molar-refractivity contribution in [3.63, 3.8) is 0 Å². The first-order chi connectivity index (χ1) is 6.63. The van der Waals surface area contributed by atoms with Crippen LogP contribution >= 0.6 is 15.9 Å². The van der Waals surface area contributed by atoms with Gasteiger partial charge in [0.1, 0.15) is 0 Å². The number of alkyl halides is 1. The van der Waals surface area contributed by atoms with Crippen LogP contribution in [0.2, 0.25) is 0 Å². The van der Waals surface area contributed by atoms with Gasteiger partial charge in [0, 0.05) is 5.33 Å². The van der Waals surface area contributed by atoms with Gasteiger partial charge in [0.15, 0.2) is 0 Å². The van der Waals surface area contributed by atoms with Crippen molar-refractivity contribution in [3.8, 4) is 0 Å². The van der Waals surface area contributed by atoms with Crippen molar-refractivity contribution in [1.82, 2.24) is 0 Å². The summed E-state index contributed by atoms with van der Waals surface area (Å²) in [4.78, 5) is 0. The van der Waals surface area contributed by atoms with Crippen LogP contribution in [-0.2, 0) is 6.42 Å². The Kier molecular flexibility index (Phi) is 4.67. The van der Waals surface area contributed by atoms with Crippen LogP contribution in [0.5, 0.6) is 0 Å². The molecule has 78 valence electrons. The van der Waals surface area contributed by atoms with Gasteiger partial charge in [0.25, 0.3) is 0 Å². The molecule has 0 aliphatic heterocycles. The van der Waals surface area contributed by atoms with Crippen LogP contribution in [-0.4, -0.2) is 5.33 Å². The lowest BCUT2D eigenvalue weighted by Gasteiger charge is -2.10. The number of hydrogen-bond acceptors (Lipinski definition) is 0. The van der Waals surface area contributed by atoms with Crippen molar-refractivity contribution in [2.75, 3.05) is 5.33 Å². The molecule has 14 heavy (non-hydrogen) atoms. The predicted octanol–water partition coefficient (Wildman–Crippen LogP) is 4.38. The average Bonchev–Trinajstić information content (AvgIpc) is 2.17. The quantitative estimate of drug-likeness (QED) is 0.700. The van der Waals surface area contributed by atoms with E-state index >= 15 is 0 Å². The Morgan fingerprint density at radius 3 is 2.07 bits per heavy atom. The number of benzene rings is 1. The topological polar surface area (TPSA) is 0 Å². The van der Waals surface area contributed by atoms with Crippen LogP contribution in [0.15, 0.2) is 24.3 Å². The SMILES string of the molecule is CC(C)Cc1ccc(C(C)CBr)cc1. The fraction of sp³-hybridized carbons (Fsp3) is 0.538. The Labute approximate surface area is 95.9 Å². The first kappa shape index (κ1) is 11.8. The average molecular weight is 255 g/mol. The Bertz CT molecular complexity index is 261. The maximum atomic E-state index is 3.51. The highest BCUT2D eigenvalue weighted by atomic mass is 79.9. The monoisotopic (exact) mass is 254 g/mol. The van der Waals surface area contributed by atoms with Gasteiger partial charge in [0.05, 0.1) is 0 Å². The summed E-state index contributed by atoms with van der Waals surface area (Å²) in [6, 6.07) is 9.02. The molecule has 0 saturated heterocycles. The summed E-state index contributed by atoms with van der Waals surface area (Å²) in [5.74, 6) is 1.36. The minimum Gasteiger partial charge on any atom is -0.0922 e. The van der Waals surface area contributed by atoms with Crippen molar-refractivity contribution >= 4 is 15.9 Å². The molecule has 1 rings (SSSR count). The Hall–Kier alpha value is -0.300. The lowest BCUT2D eigenvalue weighted by molar-refractivity contribution is 0.647. The van der Waals surface area contributed by atoms with Crippen LogP contribution < -0.4 is 0 Å². The van der Waals surface area contributed by atoms with E-state index in [4.69, 9.17) is 0 Å². The molecular formula is C13H19Br. The molecule has 0 amide bonds. The van der Waals surface area contributed by atoms with E-state index in [9.17, 15) is 0 Å². The molecule has 0 aliphatic carbocycles. The van der Waals surface area contributed by atoms with Gasteiger partial charge in [-0.1, -0.05) is 61.0 Å². The summed E-state index contributed by atoms with van der Waals surface area (Å²) >= 11 is 3.51. The van der Waals surface area contributed by atoms with Gasteiger partial charge < -0.3 is 0 Å².